The fraction of sp³-hybridized carbons (Fsp3) is 0.375. The van der Waals surface area contributed by atoms with Gasteiger partial charge in [0.2, 0.25) is 17.6 Å². The van der Waals surface area contributed by atoms with Crippen LogP contribution in [0.1, 0.15) is 42.8 Å². The van der Waals surface area contributed by atoms with Crippen LogP contribution in [0.2, 0.25) is 0 Å². The van der Waals surface area contributed by atoms with Gasteiger partial charge in [-0.3, -0.25) is 9.69 Å². The average Bonchev–Trinajstić information content (AvgIpc) is 3.23. The number of hydrogen-bond donors (Lipinski definition) is 1. The molecule has 0 saturated carbocycles. The van der Waals surface area contributed by atoms with Crippen LogP contribution in [0, 0.1) is 12.8 Å². The summed E-state index contributed by atoms with van der Waals surface area (Å²) in [4.78, 5) is 19.6. The third kappa shape index (κ3) is 4.76. The topological polar surface area (TPSA) is 71.3 Å². The molecule has 156 valence electrons. The Morgan fingerprint density at radius 2 is 1.97 bits per heavy atom. The molecule has 30 heavy (non-hydrogen) atoms. The van der Waals surface area contributed by atoms with Crippen LogP contribution in [0.4, 0.5) is 0 Å². The highest BCUT2D eigenvalue weighted by Crippen LogP contribution is 2.22. The molecule has 2 heterocycles. The maximum absolute atomic E-state index is 12.9. The minimum absolute atomic E-state index is 0.00144. The summed E-state index contributed by atoms with van der Waals surface area (Å²) in [5.41, 5.74) is 3.30. The van der Waals surface area contributed by atoms with Gasteiger partial charge in [-0.05, 0) is 44.4 Å². The Hall–Kier alpha value is -2.99. The van der Waals surface area contributed by atoms with E-state index in [0.717, 1.165) is 30.5 Å². The number of aryl methyl sites for hydroxylation is 1. The van der Waals surface area contributed by atoms with Crippen molar-refractivity contribution in [2.24, 2.45) is 5.92 Å². The minimum atomic E-state index is -0.0262. The maximum atomic E-state index is 12.9. The monoisotopic (exact) mass is 404 g/mol. The molecule has 0 bridgehead atoms. The van der Waals surface area contributed by atoms with Gasteiger partial charge < -0.3 is 9.84 Å². The summed E-state index contributed by atoms with van der Waals surface area (Å²) in [6.45, 7) is 6.32. The summed E-state index contributed by atoms with van der Waals surface area (Å²) in [7, 11) is 0. The van der Waals surface area contributed by atoms with Crippen LogP contribution < -0.4 is 5.32 Å². The van der Waals surface area contributed by atoms with Crippen molar-refractivity contribution >= 4 is 5.91 Å². The molecular weight excluding hydrogens is 376 g/mol. The van der Waals surface area contributed by atoms with Gasteiger partial charge >= 0.3 is 0 Å². The zero-order chi connectivity index (χ0) is 20.9. The summed E-state index contributed by atoms with van der Waals surface area (Å²) in [5, 5.41) is 7.29. The number of piperidine rings is 1. The zero-order valence-corrected chi connectivity index (χ0v) is 17.5. The first-order valence-electron chi connectivity index (χ1n) is 10.6. The van der Waals surface area contributed by atoms with E-state index < -0.39 is 0 Å². The lowest BCUT2D eigenvalue weighted by Gasteiger charge is -2.31. The molecule has 1 fully saturated rings. The number of likely N-dealkylation sites (tertiary alicyclic amines) is 1. The van der Waals surface area contributed by atoms with Gasteiger partial charge in [-0.15, -0.1) is 0 Å². The first-order chi connectivity index (χ1) is 14.6. The van der Waals surface area contributed by atoms with Crippen LogP contribution >= 0.6 is 0 Å². The number of nitrogens with zero attached hydrogens (tertiary/aromatic N) is 3. The van der Waals surface area contributed by atoms with E-state index in [1.54, 1.807) is 0 Å². The number of amides is 1. The van der Waals surface area contributed by atoms with Crippen LogP contribution in [-0.4, -0.2) is 34.0 Å². The van der Waals surface area contributed by atoms with Crippen molar-refractivity contribution in [2.45, 2.75) is 39.3 Å². The molecule has 6 heteroatoms. The number of nitrogens with one attached hydrogen (secondary N) is 1. The summed E-state index contributed by atoms with van der Waals surface area (Å²) in [6, 6.07) is 18.0. The van der Waals surface area contributed by atoms with Crippen molar-refractivity contribution in [2.75, 3.05) is 13.1 Å². The van der Waals surface area contributed by atoms with E-state index >= 15 is 0 Å². The van der Waals surface area contributed by atoms with E-state index in [-0.39, 0.29) is 17.9 Å². The molecule has 6 nitrogen and oxygen atoms in total. The predicted octanol–water partition coefficient (Wildman–Crippen LogP) is 4.13. The molecule has 1 saturated heterocycles. The fourth-order valence-electron chi connectivity index (χ4n) is 4.11. The van der Waals surface area contributed by atoms with Crippen molar-refractivity contribution in [1.82, 2.24) is 20.4 Å². The van der Waals surface area contributed by atoms with E-state index in [0.29, 0.717) is 24.8 Å². The number of carbonyl (C=O) groups excluding carboxylic acids is 1. The molecule has 2 aromatic carbocycles. The second-order valence-electron chi connectivity index (χ2n) is 8.04. The van der Waals surface area contributed by atoms with Gasteiger partial charge in [-0.1, -0.05) is 59.8 Å². The van der Waals surface area contributed by atoms with Crippen molar-refractivity contribution in [1.29, 1.82) is 0 Å². The quantitative estimate of drug-likeness (QED) is 0.669. The molecule has 1 aliphatic rings. The maximum Gasteiger partial charge on any atom is 0.241 e. The van der Waals surface area contributed by atoms with Crippen LogP contribution in [0.5, 0.6) is 0 Å². The van der Waals surface area contributed by atoms with E-state index in [1.165, 1.54) is 5.56 Å². The molecule has 0 spiro atoms. The van der Waals surface area contributed by atoms with Crippen molar-refractivity contribution in [3.8, 4) is 11.4 Å². The van der Waals surface area contributed by atoms with Crippen LogP contribution in [0.3, 0.4) is 0 Å². The molecule has 1 N–H and O–H groups in total. The Bertz CT molecular complexity index is 986. The molecule has 1 amide bonds. The second kappa shape index (κ2) is 9.22. The summed E-state index contributed by atoms with van der Waals surface area (Å²) in [5.74, 6) is 1.28. The van der Waals surface area contributed by atoms with E-state index in [1.807, 2.05) is 49.4 Å². The van der Waals surface area contributed by atoms with Gasteiger partial charge in [0, 0.05) is 12.1 Å². The third-order valence-electron chi connectivity index (χ3n) is 5.75. The number of carbonyl (C=O) groups is 1. The minimum Gasteiger partial charge on any atom is -0.349 e. The molecule has 3 aromatic rings. The molecule has 2 unspecified atom stereocenters. The fourth-order valence-corrected chi connectivity index (χ4v) is 4.11. The summed E-state index contributed by atoms with van der Waals surface area (Å²) in [6.07, 6.45) is 1.89. The molecule has 4 rings (SSSR count). The molecular formula is C24H28N4O2. The number of hydrogen-bond acceptors (Lipinski definition) is 5. The highest BCUT2D eigenvalue weighted by molar-refractivity contribution is 5.79. The van der Waals surface area contributed by atoms with Gasteiger partial charge in [0.15, 0.2) is 0 Å². The second-order valence-corrected chi connectivity index (χ2v) is 8.04. The smallest absolute Gasteiger partial charge is 0.241 e. The van der Waals surface area contributed by atoms with Gasteiger partial charge in [0.1, 0.15) is 0 Å². The largest absolute Gasteiger partial charge is 0.349 e. The third-order valence-corrected chi connectivity index (χ3v) is 5.75. The molecule has 1 aromatic heterocycles. The van der Waals surface area contributed by atoms with Crippen molar-refractivity contribution < 1.29 is 9.32 Å². The highest BCUT2D eigenvalue weighted by atomic mass is 16.5. The Kier molecular flexibility index (Phi) is 6.23. The summed E-state index contributed by atoms with van der Waals surface area (Å²) < 4.78 is 5.45. The lowest BCUT2D eigenvalue weighted by atomic mass is 9.95. The van der Waals surface area contributed by atoms with Crippen molar-refractivity contribution in [3.63, 3.8) is 0 Å². The Morgan fingerprint density at radius 3 is 2.77 bits per heavy atom. The highest BCUT2D eigenvalue weighted by Gasteiger charge is 2.28. The molecule has 2 atom stereocenters. The standard InChI is InChI=1S/C24H28N4O2/c1-17-9-6-7-13-21(17)18(2)25-24(29)20-12-8-14-28(15-20)16-22-26-23(27-30-22)19-10-4-3-5-11-19/h3-7,9-11,13,18,20H,8,12,14-16H2,1-2H3,(H,25,29). The summed E-state index contributed by atoms with van der Waals surface area (Å²) >= 11 is 0. The number of aromatic nitrogens is 2. The van der Waals surface area contributed by atoms with Gasteiger partial charge in [-0.2, -0.15) is 4.98 Å². The van der Waals surface area contributed by atoms with Gasteiger partial charge in [0.25, 0.3) is 0 Å². The first-order valence-corrected chi connectivity index (χ1v) is 10.6. The SMILES string of the molecule is Cc1ccccc1C(C)NC(=O)C1CCCN(Cc2nc(-c3ccccc3)no2)C1. The van der Waals surface area contributed by atoms with E-state index in [4.69, 9.17) is 4.52 Å². The van der Waals surface area contributed by atoms with Crippen LogP contribution in [0.25, 0.3) is 11.4 Å². The average molecular weight is 405 g/mol. The normalized spacial score (nSPS) is 18.1. The lowest BCUT2D eigenvalue weighted by Crippen LogP contribution is -2.43. The zero-order valence-electron chi connectivity index (χ0n) is 17.5. The van der Waals surface area contributed by atoms with E-state index in [9.17, 15) is 4.79 Å². The predicted molar refractivity (Wildman–Crippen MR) is 115 cm³/mol. The van der Waals surface area contributed by atoms with Crippen LogP contribution in [-0.2, 0) is 11.3 Å². The first kappa shape index (κ1) is 20.3. The number of rotatable bonds is 6. The van der Waals surface area contributed by atoms with Crippen molar-refractivity contribution in [3.05, 3.63) is 71.6 Å². The van der Waals surface area contributed by atoms with Crippen LogP contribution in [0.15, 0.2) is 59.1 Å². The molecule has 1 aliphatic heterocycles. The van der Waals surface area contributed by atoms with Gasteiger partial charge in [0.05, 0.1) is 18.5 Å². The Balaban J connectivity index is 1.35. The van der Waals surface area contributed by atoms with Gasteiger partial charge in [-0.25, -0.2) is 0 Å². The Morgan fingerprint density at radius 1 is 1.20 bits per heavy atom. The Labute approximate surface area is 177 Å². The number of benzene rings is 2. The molecule has 0 aliphatic carbocycles. The molecule has 0 radical (unpaired) electrons. The van der Waals surface area contributed by atoms with E-state index in [2.05, 4.69) is 39.4 Å². The lowest BCUT2D eigenvalue weighted by molar-refractivity contribution is -0.127.